The van der Waals surface area contributed by atoms with Crippen LogP contribution in [0.5, 0.6) is 0 Å². The van der Waals surface area contributed by atoms with Gasteiger partial charge in [0.25, 0.3) is 10.2 Å². The maximum Gasteiger partial charge on any atom is 0.282 e. The minimum absolute atomic E-state index is 0.102. The van der Waals surface area contributed by atoms with Gasteiger partial charge in [-0.05, 0) is 39.5 Å². The van der Waals surface area contributed by atoms with E-state index in [0.717, 1.165) is 25.9 Å². The van der Waals surface area contributed by atoms with Crippen LogP contribution in [0.3, 0.4) is 0 Å². The topological polar surface area (TPSA) is 43.9 Å². The van der Waals surface area contributed by atoms with E-state index >= 15 is 0 Å². The second-order valence-corrected chi connectivity index (χ2v) is 9.32. The molecule has 0 aliphatic carbocycles. The second-order valence-electron chi connectivity index (χ2n) is 7.09. The fraction of sp³-hybridized carbons (Fsp3) is 1.00. The molecule has 0 spiro atoms. The van der Waals surface area contributed by atoms with Crippen molar-refractivity contribution in [1.29, 1.82) is 0 Å². The fourth-order valence-electron chi connectivity index (χ4n) is 3.12. The number of hydrogen-bond donors (Lipinski definition) is 0. The first-order valence-corrected chi connectivity index (χ1v) is 9.74. The lowest BCUT2D eigenvalue weighted by molar-refractivity contribution is 0.0888. The molecule has 0 saturated carbocycles. The average molecular weight is 338 g/mol. The molecule has 124 valence electrons. The largest absolute Gasteiger partial charge is 0.296 e. The van der Waals surface area contributed by atoms with Gasteiger partial charge in [-0.2, -0.15) is 17.0 Å². The molecule has 2 fully saturated rings. The van der Waals surface area contributed by atoms with Crippen LogP contribution in [0, 0.1) is 5.92 Å². The Morgan fingerprint density at radius 1 is 1.05 bits per heavy atom. The van der Waals surface area contributed by atoms with Crippen molar-refractivity contribution in [3.63, 3.8) is 0 Å². The van der Waals surface area contributed by atoms with Crippen LogP contribution in [-0.4, -0.2) is 72.6 Å². The zero-order valence-corrected chi connectivity index (χ0v) is 15.0. The number of piperazine rings is 1. The van der Waals surface area contributed by atoms with Gasteiger partial charge in [0.05, 0.1) is 0 Å². The standard InChI is InChI=1S/C14H28ClN3O2S/c1-14(2,3)16-7-9-17(10-8-16)21(19,20)18-6-4-5-13(11-15)12-18/h13H,4-12H2,1-3H3. The predicted octanol–water partition coefficient (Wildman–Crippen LogP) is 1.60. The third-order valence-electron chi connectivity index (χ3n) is 4.54. The Labute approximate surface area is 134 Å². The molecular weight excluding hydrogens is 310 g/mol. The summed E-state index contributed by atoms with van der Waals surface area (Å²) in [5.74, 6) is 0.843. The van der Waals surface area contributed by atoms with Crippen LogP contribution in [0.4, 0.5) is 0 Å². The number of alkyl halides is 1. The van der Waals surface area contributed by atoms with Gasteiger partial charge in [-0.1, -0.05) is 0 Å². The molecule has 7 heteroatoms. The molecule has 1 unspecified atom stereocenters. The van der Waals surface area contributed by atoms with Crippen LogP contribution < -0.4 is 0 Å². The summed E-state index contributed by atoms with van der Waals surface area (Å²) in [7, 11) is -3.32. The maximum absolute atomic E-state index is 12.7. The Kier molecular flexibility index (Phi) is 5.58. The third-order valence-corrected chi connectivity index (χ3v) is 6.98. The smallest absolute Gasteiger partial charge is 0.282 e. The Balaban J connectivity index is 1.98. The molecule has 2 saturated heterocycles. The van der Waals surface area contributed by atoms with Crippen molar-refractivity contribution in [3.8, 4) is 0 Å². The van der Waals surface area contributed by atoms with Crippen LogP contribution in [0.15, 0.2) is 0 Å². The van der Waals surface area contributed by atoms with Gasteiger partial charge >= 0.3 is 0 Å². The van der Waals surface area contributed by atoms with Crippen LogP contribution in [0.2, 0.25) is 0 Å². The summed E-state index contributed by atoms with van der Waals surface area (Å²) in [6.45, 7) is 10.5. The quantitative estimate of drug-likeness (QED) is 0.735. The summed E-state index contributed by atoms with van der Waals surface area (Å²) in [5, 5.41) is 0. The molecular formula is C14H28ClN3O2S. The maximum atomic E-state index is 12.7. The van der Waals surface area contributed by atoms with Crippen molar-refractivity contribution < 1.29 is 8.42 Å². The Bertz CT molecular complexity index is 442. The first-order chi connectivity index (χ1) is 9.75. The molecule has 2 aliphatic rings. The molecule has 0 amide bonds. The lowest BCUT2D eigenvalue weighted by Crippen LogP contribution is -2.57. The monoisotopic (exact) mass is 337 g/mol. The van der Waals surface area contributed by atoms with E-state index in [-0.39, 0.29) is 5.54 Å². The number of piperidine rings is 1. The molecule has 2 heterocycles. The van der Waals surface area contributed by atoms with E-state index in [0.29, 0.717) is 38.0 Å². The van der Waals surface area contributed by atoms with Crippen molar-refractivity contribution in [2.75, 3.05) is 45.1 Å². The molecule has 1 atom stereocenters. The van der Waals surface area contributed by atoms with Crippen molar-refractivity contribution in [2.45, 2.75) is 39.2 Å². The van der Waals surface area contributed by atoms with Crippen LogP contribution >= 0.6 is 11.6 Å². The molecule has 5 nitrogen and oxygen atoms in total. The van der Waals surface area contributed by atoms with Crippen molar-refractivity contribution in [2.24, 2.45) is 5.92 Å². The number of halogens is 1. The van der Waals surface area contributed by atoms with E-state index < -0.39 is 10.2 Å². The van der Waals surface area contributed by atoms with Crippen molar-refractivity contribution in [3.05, 3.63) is 0 Å². The summed E-state index contributed by atoms with van der Waals surface area (Å²) in [6.07, 6.45) is 1.95. The minimum atomic E-state index is -3.32. The Hall–Kier alpha value is 0.120. The van der Waals surface area contributed by atoms with Gasteiger partial charge in [0.15, 0.2) is 0 Å². The highest BCUT2D eigenvalue weighted by Gasteiger charge is 2.36. The van der Waals surface area contributed by atoms with E-state index in [1.54, 1.807) is 8.61 Å². The van der Waals surface area contributed by atoms with Crippen LogP contribution in [0.25, 0.3) is 0 Å². The van der Waals surface area contributed by atoms with Crippen molar-refractivity contribution in [1.82, 2.24) is 13.5 Å². The van der Waals surface area contributed by atoms with Gasteiger partial charge in [-0.25, -0.2) is 0 Å². The zero-order chi connectivity index (χ0) is 15.7. The van der Waals surface area contributed by atoms with E-state index in [2.05, 4.69) is 25.7 Å². The lowest BCUT2D eigenvalue weighted by atomic mass is 10.0. The predicted molar refractivity (Wildman–Crippen MR) is 86.8 cm³/mol. The van der Waals surface area contributed by atoms with E-state index in [9.17, 15) is 8.42 Å². The molecule has 2 aliphatic heterocycles. The van der Waals surface area contributed by atoms with Gasteiger partial charge < -0.3 is 0 Å². The molecule has 0 aromatic heterocycles. The van der Waals surface area contributed by atoms with Gasteiger partial charge in [-0.3, -0.25) is 4.90 Å². The van der Waals surface area contributed by atoms with Gasteiger partial charge in [0.1, 0.15) is 0 Å². The fourth-order valence-corrected chi connectivity index (χ4v) is 5.08. The molecule has 2 rings (SSSR count). The third kappa shape index (κ3) is 4.10. The Morgan fingerprint density at radius 3 is 2.19 bits per heavy atom. The lowest BCUT2D eigenvalue weighted by Gasteiger charge is -2.43. The average Bonchev–Trinajstić information content (AvgIpc) is 2.46. The summed E-state index contributed by atoms with van der Waals surface area (Å²) in [4.78, 5) is 2.34. The number of rotatable bonds is 3. The summed E-state index contributed by atoms with van der Waals surface area (Å²) in [6, 6.07) is 0. The summed E-state index contributed by atoms with van der Waals surface area (Å²) < 4.78 is 28.8. The van der Waals surface area contributed by atoms with Gasteiger partial charge in [0.2, 0.25) is 0 Å². The highest BCUT2D eigenvalue weighted by Crippen LogP contribution is 2.24. The summed E-state index contributed by atoms with van der Waals surface area (Å²) in [5.41, 5.74) is 0.102. The SMILES string of the molecule is CC(C)(C)N1CCN(S(=O)(=O)N2CCCC(CCl)C2)CC1. The Morgan fingerprint density at radius 2 is 1.67 bits per heavy atom. The number of hydrogen-bond acceptors (Lipinski definition) is 3. The number of nitrogens with zero attached hydrogens (tertiary/aromatic N) is 3. The molecule has 0 N–H and O–H groups in total. The molecule has 0 aromatic rings. The van der Waals surface area contributed by atoms with Crippen molar-refractivity contribution >= 4 is 21.8 Å². The highest BCUT2D eigenvalue weighted by molar-refractivity contribution is 7.86. The highest BCUT2D eigenvalue weighted by atomic mass is 35.5. The van der Waals surface area contributed by atoms with Crippen LogP contribution in [0.1, 0.15) is 33.6 Å². The van der Waals surface area contributed by atoms with E-state index in [4.69, 9.17) is 11.6 Å². The first-order valence-electron chi connectivity index (χ1n) is 7.81. The van der Waals surface area contributed by atoms with E-state index in [1.165, 1.54) is 0 Å². The molecule has 21 heavy (non-hydrogen) atoms. The second kappa shape index (κ2) is 6.71. The first kappa shape index (κ1) is 17.5. The zero-order valence-electron chi connectivity index (χ0n) is 13.4. The molecule has 0 aromatic carbocycles. The van der Waals surface area contributed by atoms with Gasteiger partial charge in [0, 0.05) is 50.7 Å². The summed E-state index contributed by atoms with van der Waals surface area (Å²) >= 11 is 5.91. The minimum Gasteiger partial charge on any atom is -0.296 e. The van der Waals surface area contributed by atoms with E-state index in [1.807, 2.05) is 0 Å². The molecule has 0 radical (unpaired) electrons. The normalized spacial score (nSPS) is 27.9. The molecule has 0 bridgehead atoms. The van der Waals surface area contributed by atoms with Crippen LogP contribution in [-0.2, 0) is 10.2 Å². The van der Waals surface area contributed by atoms with Gasteiger partial charge in [-0.15, -0.1) is 11.6 Å².